The number of phenols is 1. The summed E-state index contributed by atoms with van der Waals surface area (Å²) in [5.41, 5.74) is 4.38. The van der Waals surface area contributed by atoms with Crippen LogP contribution in [0.25, 0.3) is 22.4 Å². The summed E-state index contributed by atoms with van der Waals surface area (Å²) in [5.74, 6) is -1.42. The van der Waals surface area contributed by atoms with Crippen LogP contribution in [-0.4, -0.2) is 57.4 Å². The number of amides is 2. The number of hydrogen-bond acceptors (Lipinski definition) is 6. The van der Waals surface area contributed by atoms with Crippen molar-refractivity contribution in [3.05, 3.63) is 119 Å². The monoisotopic (exact) mass is 671 g/mol. The Morgan fingerprint density at radius 3 is 2.24 bits per heavy atom. The van der Waals surface area contributed by atoms with Crippen molar-refractivity contribution in [1.82, 2.24) is 4.90 Å². The molecule has 3 aliphatic rings. The number of carbonyl (C=O) groups is 2. The first-order valence-corrected chi connectivity index (χ1v) is 18.0. The van der Waals surface area contributed by atoms with Crippen LogP contribution in [0.3, 0.4) is 0 Å². The molecule has 4 aromatic rings. The first-order chi connectivity index (χ1) is 24.4. The third kappa shape index (κ3) is 6.72. The van der Waals surface area contributed by atoms with Crippen LogP contribution in [0, 0.1) is 17.8 Å². The fourth-order valence-electron chi connectivity index (χ4n) is 8.52. The summed E-state index contributed by atoms with van der Waals surface area (Å²) in [5, 5.41) is 35.2. The molecule has 1 heterocycles. The Hall–Kier alpha value is -4.72. The van der Waals surface area contributed by atoms with Crippen molar-refractivity contribution < 1.29 is 29.6 Å². The summed E-state index contributed by atoms with van der Waals surface area (Å²) < 4.78 is 6.20. The van der Waals surface area contributed by atoms with Gasteiger partial charge in [0.1, 0.15) is 18.1 Å². The van der Waals surface area contributed by atoms with Gasteiger partial charge in [-0.25, -0.2) is 0 Å². The Morgan fingerprint density at radius 1 is 0.840 bits per heavy atom. The normalized spacial score (nSPS) is 22.2. The SMILES string of the molecule is O=C1[C@@H]2[C@@H](CC(COc3ccccc3)=C([C@H](O)CC/C(=C/c3ccc(O)c4ccccc34)c3ccccc3)[C@@H]2CO)C(=O)N1C1CCCCC1. The van der Waals surface area contributed by atoms with E-state index in [2.05, 4.69) is 6.08 Å². The van der Waals surface area contributed by atoms with Gasteiger partial charge in [0.05, 0.1) is 24.5 Å². The average molecular weight is 672 g/mol. The molecule has 7 rings (SSSR count). The Labute approximate surface area is 293 Å². The lowest BCUT2D eigenvalue weighted by Gasteiger charge is -2.36. The van der Waals surface area contributed by atoms with Crippen LogP contribution in [0.4, 0.5) is 0 Å². The number of ether oxygens (including phenoxy) is 1. The van der Waals surface area contributed by atoms with Crippen LogP contribution in [0.2, 0.25) is 0 Å². The summed E-state index contributed by atoms with van der Waals surface area (Å²) >= 11 is 0. The van der Waals surface area contributed by atoms with E-state index in [0.29, 0.717) is 30.6 Å². The second-order valence-corrected chi connectivity index (χ2v) is 13.9. The molecular formula is C43H45NO6. The minimum Gasteiger partial charge on any atom is -0.507 e. The van der Waals surface area contributed by atoms with E-state index in [0.717, 1.165) is 65.1 Å². The molecule has 0 spiro atoms. The number of benzene rings is 4. The molecule has 258 valence electrons. The lowest BCUT2D eigenvalue weighted by molar-refractivity contribution is -0.143. The van der Waals surface area contributed by atoms with Gasteiger partial charge < -0.3 is 20.1 Å². The van der Waals surface area contributed by atoms with E-state index in [4.69, 9.17) is 4.74 Å². The molecule has 1 aliphatic heterocycles. The van der Waals surface area contributed by atoms with E-state index in [1.165, 1.54) is 4.90 Å². The first-order valence-electron chi connectivity index (χ1n) is 18.0. The summed E-state index contributed by atoms with van der Waals surface area (Å²) in [7, 11) is 0. The molecule has 3 N–H and O–H groups in total. The Balaban J connectivity index is 1.22. The predicted octanol–water partition coefficient (Wildman–Crippen LogP) is 7.55. The van der Waals surface area contributed by atoms with Crippen LogP contribution in [0.1, 0.15) is 62.5 Å². The zero-order valence-corrected chi connectivity index (χ0v) is 28.3. The van der Waals surface area contributed by atoms with Crippen molar-refractivity contribution in [3.8, 4) is 11.5 Å². The van der Waals surface area contributed by atoms with Gasteiger partial charge in [-0.1, -0.05) is 104 Å². The quantitative estimate of drug-likeness (QED) is 0.0864. The number of fused-ring (bicyclic) bond motifs is 2. The minimum atomic E-state index is -0.974. The highest BCUT2D eigenvalue weighted by Crippen LogP contribution is 2.48. The molecule has 7 heteroatoms. The molecule has 1 saturated heterocycles. The lowest BCUT2D eigenvalue weighted by Crippen LogP contribution is -2.42. The van der Waals surface area contributed by atoms with Crippen LogP contribution in [0.5, 0.6) is 11.5 Å². The number of phenolic OH excluding ortho intramolecular Hbond substituents is 1. The Morgan fingerprint density at radius 2 is 1.52 bits per heavy atom. The summed E-state index contributed by atoms with van der Waals surface area (Å²) in [6.07, 6.45) is 7.03. The van der Waals surface area contributed by atoms with E-state index in [-0.39, 0.29) is 36.8 Å². The highest BCUT2D eigenvalue weighted by atomic mass is 16.5. The van der Waals surface area contributed by atoms with Crippen molar-refractivity contribution in [2.75, 3.05) is 13.2 Å². The highest BCUT2D eigenvalue weighted by molar-refractivity contribution is 6.06. The van der Waals surface area contributed by atoms with E-state index in [1.54, 1.807) is 6.07 Å². The zero-order chi connectivity index (χ0) is 34.6. The number of hydrogen-bond donors (Lipinski definition) is 3. The third-order valence-corrected chi connectivity index (χ3v) is 11.0. The molecule has 1 saturated carbocycles. The van der Waals surface area contributed by atoms with Gasteiger partial charge >= 0.3 is 0 Å². The molecular weight excluding hydrogens is 626 g/mol. The van der Waals surface area contributed by atoms with Gasteiger partial charge in [-0.05, 0) is 83.5 Å². The number of carbonyl (C=O) groups excluding carboxylic acids is 2. The zero-order valence-electron chi connectivity index (χ0n) is 28.3. The fraction of sp³-hybridized carbons (Fsp3) is 0.349. The number of aliphatic hydroxyl groups excluding tert-OH is 2. The van der Waals surface area contributed by atoms with Crippen molar-refractivity contribution >= 4 is 34.2 Å². The maximum atomic E-state index is 14.1. The molecule has 7 nitrogen and oxygen atoms in total. The van der Waals surface area contributed by atoms with Gasteiger partial charge in [0.15, 0.2) is 0 Å². The van der Waals surface area contributed by atoms with Crippen molar-refractivity contribution in [2.24, 2.45) is 17.8 Å². The molecule has 0 aromatic heterocycles. The van der Waals surface area contributed by atoms with Crippen LogP contribution >= 0.6 is 0 Å². The van der Waals surface area contributed by atoms with E-state index < -0.39 is 23.9 Å². The average Bonchev–Trinajstić information content (AvgIpc) is 3.42. The Kier molecular flexibility index (Phi) is 10.2. The Bertz CT molecular complexity index is 1890. The highest BCUT2D eigenvalue weighted by Gasteiger charge is 2.56. The molecule has 50 heavy (non-hydrogen) atoms. The maximum absolute atomic E-state index is 14.1. The smallest absolute Gasteiger partial charge is 0.234 e. The molecule has 0 unspecified atom stereocenters. The van der Waals surface area contributed by atoms with E-state index in [9.17, 15) is 24.9 Å². The molecule has 4 atom stereocenters. The standard InChI is InChI=1S/C43H45NO6/c45-26-37-40(39(47)23-20-29(28-12-4-1-5-13-28)24-30-21-22-38(46)35-19-11-10-18-34(30)35)31(27-50-33-16-8-3-9-17-33)25-36-41(37)43(49)44(42(36)48)32-14-6-2-7-15-32/h1,3-5,8-13,16-19,21-22,24,32,36-37,39,41,45-47H,2,6-7,14-15,20,23,25-27H2/b29-24-/t36-,37+,39-,41-/m1/s1. The predicted molar refractivity (Wildman–Crippen MR) is 195 cm³/mol. The summed E-state index contributed by atoms with van der Waals surface area (Å²) in [4.78, 5) is 29.5. The molecule has 4 aromatic carbocycles. The number of nitrogens with zero attached hydrogens (tertiary/aromatic N) is 1. The molecule has 0 bridgehead atoms. The van der Waals surface area contributed by atoms with Gasteiger partial charge in [0, 0.05) is 17.3 Å². The summed E-state index contributed by atoms with van der Waals surface area (Å²) in [6, 6.07) is 30.7. The fourth-order valence-corrected chi connectivity index (χ4v) is 8.52. The molecule has 0 radical (unpaired) electrons. The largest absolute Gasteiger partial charge is 0.507 e. The second-order valence-electron chi connectivity index (χ2n) is 13.9. The van der Waals surface area contributed by atoms with E-state index in [1.807, 2.05) is 91.0 Å². The first kappa shape index (κ1) is 33.8. The van der Waals surface area contributed by atoms with Crippen molar-refractivity contribution in [3.63, 3.8) is 0 Å². The van der Waals surface area contributed by atoms with Gasteiger partial charge in [0.25, 0.3) is 0 Å². The number of para-hydroxylation sites is 1. The molecule has 2 aliphatic carbocycles. The number of aliphatic hydroxyl groups is 2. The van der Waals surface area contributed by atoms with Gasteiger partial charge in [-0.2, -0.15) is 0 Å². The van der Waals surface area contributed by atoms with Crippen molar-refractivity contribution in [1.29, 1.82) is 0 Å². The number of imide groups is 1. The van der Waals surface area contributed by atoms with Gasteiger partial charge in [-0.15, -0.1) is 0 Å². The van der Waals surface area contributed by atoms with Crippen molar-refractivity contribution in [2.45, 2.75) is 63.5 Å². The molecule has 2 fully saturated rings. The second kappa shape index (κ2) is 15.0. The lowest BCUT2D eigenvalue weighted by atomic mass is 9.68. The van der Waals surface area contributed by atoms with Crippen LogP contribution in [0.15, 0.2) is 108 Å². The number of likely N-dealkylation sites (tertiary alicyclic amines) is 1. The molecule has 2 amide bonds. The summed E-state index contributed by atoms with van der Waals surface area (Å²) in [6.45, 7) is -0.192. The maximum Gasteiger partial charge on any atom is 0.234 e. The minimum absolute atomic E-state index is 0.0966. The third-order valence-electron chi connectivity index (χ3n) is 11.0. The van der Waals surface area contributed by atoms with Crippen LogP contribution in [-0.2, 0) is 9.59 Å². The van der Waals surface area contributed by atoms with Crippen LogP contribution < -0.4 is 4.74 Å². The van der Waals surface area contributed by atoms with Gasteiger partial charge in [0.2, 0.25) is 11.8 Å². The number of allylic oxidation sites excluding steroid dienone is 1. The van der Waals surface area contributed by atoms with Gasteiger partial charge in [-0.3, -0.25) is 14.5 Å². The number of aromatic hydroxyl groups is 1. The number of rotatable bonds is 11. The van der Waals surface area contributed by atoms with E-state index >= 15 is 0 Å². The topological polar surface area (TPSA) is 107 Å².